The van der Waals surface area contributed by atoms with E-state index in [1.54, 1.807) is 16.6 Å². The van der Waals surface area contributed by atoms with Gasteiger partial charge in [0.15, 0.2) is 0 Å². The van der Waals surface area contributed by atoms with E-state index < -0.39 is 10.0 Å². The van der Waals surface area contributed by atoms with Crippen molar-refractivity contribution >= 4 is 15.7 Å². The summed E-state index contributed by atoms with van der Waals surface area (Å²) < 4.78 is 27.1. The van der Waals surface area contributed by atoms with E-state index in [-0.39, 0.29) is 4.90 Å². The quantitative estimate of drug-likeness (QED) is 0.856. The van der Waals surface area contributed by atoms with Gasteiger partial charge in [-0.25, -0.2) is 8.42 Å². The summed E-state index contributed by atoms with van der Waals surface area (Å²) in [5.41, 5.74) is 0.628. The molecular weight excluding hydrogens is 288 g/mol. The van der Waals surface area contributed by atoms with Gasteiger partial charge in [-0.15, -0.1) is 0 Å². The molecule has 118 valence electrons. The molecule has 0 bridgehead atoms. The van der Waals surface area contributed by atoms with E-state index in [9.17, 15) is 8.42 Å². The van der Waals surface area contributed by atoms with Crippen LogP contribution in [0.2, 0.25) is 0 Å². The molecule has 0 unspecified atom stereocenters. The van der Waals surface area contributed by atoms with Gasteiger partial charge in [0.25, 0.3) is 0 Å². The molecule has 1 saturated heterocycles. The van der Waals surface area contributed by atoms with Crippen LogP contribution in [0.25, 0.3) is 0 Å². The van der Waals surface area contributed by atoms with E-state index in [0.29, 0.717) is 25.3 Å². The molecule has 0 atom stereocenters. The predicted molar refractivity (Wildman–Crippen MR) is 83.9 cm³/mol. The van der Waals surface area contributed by atoms with E-state index >= 15 is 0 Å². The molecule has 2 rings (SSSR count). The molecule has 21 heavy (non-hydrogen) atoms. The molecule has 0 aromatic carbocycles. The van der Waals surface area contributed by atoms with Crippen LogP contribution in [-0.4, -0.2) is 61.9 Å². The van der Waals surface area contributed by atoms with E-state index in [2.05, 4.69) is 22.1 Å². The Hall–Kier alpha value is -1.18. The minimum Gasteiger partial charge on any atom is -0.384 e. The normalized spacial score (nSPS) is 17.8. The van der Waals surface area contributed by atoms with Crippen molar-refractivity contribution in [2.45, 2.75) is 25.2 Å². The average molecular weight is 312 g/mol. The predicted octanol–water partition coefficient (Wildman–Crippen LogP) is 1.23. The highest BCUT2D eigenvalue weighted by atomic mass is 32.2. The first-order valence-electron chi connectivity index (χ1n) is 7.50. The first-order valence-corrected chi connectivity index (χ1v) is 8.94. The molecule has 1 aliphatic rings. The van der Waals surface area contributed by atoms with Crippen molar-refractivity contribution in [2.24, 2.45) is 0 Å². The number of anilines is 1. The summed E-state index contributed by atoms with van der Waals surface area (Å²) in [6, 6.07) is 1.71. The van der Waals surface area contributed by atoms with Crippen molar-refractivity contribution in [3.63, 3.8) is 0 Å². The largest absolute Gasteiger partial charge is 0.384 e. The monoisotopic (exact) mass is 312 g/mol. The third-order valence-electron chi connectivity index (χ3n) is 3.64. The minimum absolute atomic E-state index is 0.274. The van der Waals surface area contributed by atoms with Gasteiger partial charge in [-0.05, 0) is 26.0 Å². The summed E-state index contributed by atoms with van der Waals surface area (Å²) >= 11 is 0. The van der Waals surface area contributed by atoms with Gasteiger partial charge in [0.1, 0.15) is 4.90 Å². The van der Waals surface area contributed by atoms with Crippen LogP contribution in [-0.2, 0) is 10.0 Å². The first-order chi connectivity index (χ1) is 10.1. The number of rotatable bonds is 6. The summed E-state index contributed by atoms with van der Waals surface area (Å²) in [5, 5.41) is 3.09. The van der Waals surface area contributed by atoms with Crippen molar-refractivity contribution in [1.29, 1.82) is 0 Å². The van der Waals surface area contributed by atoms with Crippen molar-refractivity contribution < 1.29 is 8.42 Å². The highest BCUT2D eigenvalue weighted by molar-refractivity contribution is 7.89. The van der Waals surface area contributed by atoms with Gasteiger partial charge in [0.05, 0.1) is 5.69 Å². The Labute approximate surface area is 127 Å². The zero-order chi connectivity index (χ0) is 15.3. The lowest BCUT2D eigenvalue weighted by Gasteiger charge is -2.34. The van der Waals surface area contributed by atoms with Crippen LogP contribution in [0.5, 0.6) is 0 Å². The number of sulfonamides is 1. The number of hydrogen-bond donors (Lipinski definition) is 1. The maximum Gasteiger partial charge on any atom is 0.246 e. The second-order valence-electron chi connectivity index (χ2n) is 5.15. The Bertz CT molecular complexity index is 554. The number of aromatic nitrogens is 1. The lowest BCUT2D eigenvalue weighted by atomic mass is 10.3. The summed E-state index contributed by atoms with van der Waals surface area (Å²) in [7, 11) is -3.47. The number of hydrogen-bond acceptors (Lipinski definition) is 5. The van der Waals surface area contributed by atoms with Gasteiger partial charge >= 0.3 is 0 Å². The van der Waals surface area contributed by atoms with Gasteiger partial charge in [-0.3, -0.25) is 4.98 Å². The maximum atomic E-state index is 12.8. The topological polar surface area (TPSA) is 65.5 Å². The van der Waals surface area contributed by atoms with Crippen LogP contribution in [0.3, 0.4) is 0 Å². The molecule has 0 amide bonds. The molecule has 7 heteroatoms. The molecule has 1 aliphatic heterocycles. The van der Waals surface area contributed by atoms with E-state index in [1.807, 2.05) is 6.92 Å². The Morgan fingerprint density at radius 1 is 1.24 bits per heavy atom. The molecule has 0 radical (unpaired) electrons. The standard InChI is InChI=1S/C14H24N4O2S/c1-3-7-17-8-10-18(11-9-17)21(19,20)14-12-15-6-5-13(14)16-4-2/h5-6,12H,3-4,7-11H2,1-2H3,(H,15,16). The number of piperazine rings is 1. The van der Waals surface area contributed by atoms with Crippen LogP contribution in [0.1, 0.15) is 20.3 Å². The van der Waals surface area contributed by atoms with Crippen molar-refractivity contribution in [1.82, 2.24) is 14.2 Å². The molecule has 0 aliphatic carbocycles. The summed E-state index contributed by atoms with van der Waals surface area (Å²) in [6.45, 7) is 8.47. The second-order valence-corrected chi connectivity index (χ2v) is 7.05. The number of nitrogens with one attached hydrogen (secondary N) is 1. The van der Waals surface area contributed by atoms with Gasteiger partial charge in [-0.1, -0.05) is 6.92 Å². The summed E-state index contributed by atoms with van der Waals surface area (Å²) in [6.07, 6.45) is 4.14. The smallest absolute Gasteiger partial charge is 0.246 e. The third-order valence-corrected chi connectivity index (χ3v) is 5.57. The second kappa shape index (κ2) is 7.20. The highest BCUT2D eigenvalue weighted by Crippen LogP contribution is 2.24. The summed E-state index contributed by atoms with van der Waals surface area (Å²) in [5.74, 6) is 0. The van der Waals surface area contributed by atoms with Crippen LogP contribution in [0, 0.1) is 0 Å². The van der Waals surface area contributed by atoms with Gasteiger partial charge < -0.3 is 10.2 Å². The number of pyridine rings is 1. The maximum absolute atomic E-state index is 12.8. The van der Waals surface area contributed by atoms with Crippen LogP contribution in [0.15, 0.2) is 23.4 Å². The van der Waals surface area contributed by atoms with Gasteiger partial charge in [0.2, 0.25) is 10.0 Å². The SMILES string of the molecule is CCCN1CCN(S(=O)(=O)c2cnccc2NCC)CC1. The molecule has 6 nitrogen and oxygen atoms in total. The molecule has 2 heterocycles. The third kappa shape index (κ3) is 3.72. The molecule has 1 fully saturated rings. The van der Waals surface area contributed by atoms with Gasteiger partial charge in [0, 0.05) is 45.1 Å². The zero-order valence-corrected chi connectivity index (χ0v) is 13.6. The first kappa shape index (κ1) is 16.2. The van der Waals surface area contributed by atoms with Crippen LogP contribution in [0.4, 0.5) is 5.69 Å². The van der Waals surface area contributed by atoms with Crippen LogP contribution >= 0.6 is 0 Å². The lowest BCUT2D eigenvalue weighted by Crippen LogP contribution is -2.48. The van der Waals surface area contributed by atoms with E-state index in [1.165, 1.54) is 6.20 Å². The van der Waals surface area contributed by atoms with E-state index in [0.717, 1.165) is 26.1 Å². The summed E-state index contributed by atoms with van der Waals surface area (Å²) in [4.78, 5) is 6.56. The molecule has 1 aromatic rings. The lowest BCUT2D eigenvalue weighted by molar-refractivity contribution is 0.188. The Morgan fingerprint density at radius 3 is 2.57 bits per heavy atom. The minimum atomic E-state index is -3.47. The molecule has 0 spiro atoms. The fourth-order valence-corrected chi connectivity index (χ4v) is 4.11. The Kier molecular flexibility index (Phi) is 5.55. The number of nitrogens with zero attached hydrogens (tertiary/aromatic N) is 3. The molecule has 1 N–H and O–H groups in total. The highest BCUT2D eigenvalue weighted by Gasteiger charge is 2.30. The van der Waals surface area contributed by atoms with Crippen molar-refractivity contribution in [3.05, 3.63) is 18.5 Å². The fourth-order valence-electron chi connectivity index (χ4n) is 2.57. The fraction of sp³-hybridized carbons (Fsp3) is 0.643. The molecule has 1 aromatic heterocycles. The Morgan fingerprint density at radius 2 is 1.95 bits per heavy atom. The molecular formula is C14H24N4O2S. The Balaban J connectivity index is 2.16. The van der Waals surface area contributed by atoms with E-state index in [4.69, 9.17) is 0 Å². The van der Waals surface area contributed by atoms with Gasteiger partial charge in [-0.2, -0.15) is 4.31 Å². The zero-order valence-electron chi connectivity index (χ0n) is 12.7. The van der Waals surface area contributed by atoms with Crippen molar-refractivity contribution in [3.8, 4) is 0 Å². The van der Waals surface area contributed by atoms with Crippen molar-refractivity contribution in [2.75, 3.05) is 44.6 Å². The van der Waals surface area contributed by atoms with Crippen LogP contribution < -0.4 is 5.32 Å². The average Bonchev–Trinajstić information content (AvgIpc) is 2.49. The molecule has 0 saturated carbocycles.